The van der Waals surface area contributed by atoms with Crippen molar-refractivity contribution in [3.63, 3.8) is 0 Å². The van der Waals surface area contributed by atoms with Crippen LogP contribution in [-0.4, -0.2) is 20.2 Å². The number of nitrogens with zero attached hydrogens (tertiary/aromatic N) is 1. The van der Waals surface area contributed by atoms with Crippen LogP contribution in [0.5, 0.6) is 0 Å². The fourth-order valence-electron chi connectivity index (χ4n) is 2.64. The lowest BCUT2D eigenvalue weighted by Gasteiger charge is -2.12. The Morgan fingerprint density at radius 2 is 1.38 bits per heavy atom. The normalized spacial score (nSPS) is 12.5. The van der Waals surface area contributed by atoms with Crippen molar-refractivity contribution >= 4 is 61.7 Å². The molecule has 0 aliphatic rings. The van der Waals surface area contributed by atoms with Crippen LogP contribution in [0.3, 0.4) is 0 Å². The summed E-state index contributed by atoms with van der Waals surface area (Å²) >= 11 is 7.97. The van der Waals surface area contributed by atoms with Crippen LogP contribution in [0.25, 0.3) is 15.0 Å². The lowest BCUT2D eigenvalue weighted by atomic mass is 10.3. The van der Waals surface area contributed by atoms with Crippen molar-refractivity contribution in [2.24, 2.45) is 0 Å². The van der Waals surface area contributed by atoms with Gasteiger partial charge in [0.15, 0.2) is 0 Å². The summed E-state index contributed by atoms with van der Waals surface area (Å²) in [4.78, 5) is 4.38. The molecule has 0 atom stereocenters. The van der Waals surface area contributed by atoms with Gasteiger partial charge in [-0.05, 0) is 12.1 Å². The number of thiazole rings is 1. The van der Waals surface area contributed by atoms with E-state index in [1.165, 1.54) is 29.9 Å². The van der Waals surface area contributed by atoms with E-state index in [4.69, 9.17) is 0 Å². The lowest BCUT2D eigenvalue weighted by Crippen LogP contribution is -1.94. The first-order valence-electron chi connectivity index (χ1n) is 8.44. The fraction of sp³-hybridized carbons (Fsp3) is 0.474. The molecule has 0 unspecified atom stereocenters. The fourth-order valence-corrected chi connectivity index (χ4v) is 7.45. The molecular formula is C19H25NS4. The average molecular weight is 396 g/mol. The van der Waals surface area contributed by atoms with E-state index in [0.29, 0.717) is 15.7 Å². The zero-order valence-corrected chi connectivity index (χ0v) is 18.4. The minimum absolute atomic E-state index is 0.574. The first-order valence-corrected chi connectivity index (χ1v) is 11.9. The average Bonchev–Trinajstić information content (AvgIpc) is 2.97. The number of hydrogen-bond donors (Lipinski definition) is 0. The Morgan fingerprint density at radius 1 is 0.792 bits per heavy atom. The third kappa shape index (κ3) is 3.64. The Labute approximate surface area is 162 Å². The number of aromatic nitrogens is 1. The van der Waals surface area contributed by atoms with Crippen LogP contribution in [0.4, 0.5) is 0 Å². The Bertz CT molecular complexity index is 842. The highest BCUT2D eigenvalue weighted by Gasteiger charge is 2.25. The van der Waals surface area contributed by atoms with E-state index in [0.717, 1.165) is 0 Å². The second kappa shape index (κ2) is 7.56. The zero-order chi connectivity index (χ0) is 17.4. The Balaban J connectivity index is 2.34. The predicted molar refractivity (Wildman–Crippen MR) is 116 cm³/mol. The van der Waals surface area contributed by atoms with Gasteiger partial charge in [-0.1, -0.05) is 53.7 Å². The highest BCUT2D eigenvalue weighted by Crippen LogP contribution is 2.50. The van der Waals surface area contributed by atoms with Crippen LogP contribution >= 0.6 is 46.6 Å². The molecule has 2 heterocycles. The van der Waals surface area contributed by atoms with Crippen LogP contribution in [0.2, 0.25) is 0 Å². The highest BCUT2D eigenvalue weighted by atomic mass is 32.2. The van der Waals surface area contributed by atoms with Crippen LogP contribution in [0, 0.1) is 0 Å². The van der Waals surface area contributed by atoms with Gasteiger partial charge in [0.25, 0.3) is 0 Å². The molecule has 3 aromatic rings. The minimum atomic E-state index is 0.574. The SMILES string of the molecule is CC(C)Sc1c(SC(C)C)c2sc3ccccc3n2c1SC(C)C. The maximum Gasteiger partial charge on any atom is 0.116 e. The maximum atomic E-state index is 2.51. The molecule has 5 heteroatoms. The van der Waals surface area contributed by atoms with Gasteiger partial charge in [0.1, 0.15) is 4.83 Å². The van der Waals surface area contributed by atoms with Crippen molar-refractivity contribution in [2.75, 3.05) is 0 Å². The second-order valence-electron chi connectivity index (χ2n) is 6.67. The number of rotatable bonds is 6. The summed E-state index contributed by atoms with van der Waals surface area (Å²) in [5.74, 6) is 0. The molecular weight excluding hydrogens is 370 g/mol. The van der Waals surface area contributed by atoms with Crippen molar-refractivity contribution in [3.8, 4) is 0 Å². The molecule has 24 heavy (non-hydrogen) atoms. The van der Waals surface area contributed by atoms with Crippen molar-refractivity contribution in [1.29, 1.82) is 0 Å². The van der Waals surface area contributed by atoms with Gasteiger partial charge in [-0.15, -0.1) is 46.6 Å². The lowest BCUT2D eigenvalue weighted by molar-refractivity contribution is 1.00. The van der Waals surface area contributed by atoms with Gasteiger partial charge in [0, 0.05) is 15.7 Å². The van der Waals surface area contributed by atoms with Crippen LogP contribution in [-0.2, 0) is 0 Å². The number of hydrogen-bond acceptors (Lipinski definition) is 4. The molecule has 1 nitrogen and oxygen atoms in total. The summed E-state index contributed by atoms with van der Waals surface area (Å²) < 4.78 is 3.89. The quantitative estimate of drug-likeness (QED) is 0.395. The first kappa shape index (κ1) is 18.6. The highest BCUT2D eigenvalue weighted by molar-refractivity contribution is 8.04. The van der Waals surface area contributed by atoms with Gasteiger partial charge in [-0.3, -0.25) is 4.40 Å². The maximum absolute atomic E-state index is 2.51. The van der Waals surface area contributed by atoms with Gasteiger partial charge in [-0.25, -0.2) is 0 Å². The Morgan fingerprint density at radius 3 is 2.00 bits per heavy atom. The van der Waals surface area contributed by atoms with E-state index in [1.54, 1.807) is 0 Å². The molecule has 0 saturated heterocycles. The molecule has 0 amide bonds. The monoisotopic (exact) mass is 395 g/mol. The second-order valence-corrected chi connectivity index (χ2v) is 12.4. The molecule has 0 aliphatic heterocycles. The Hall–Kier alpha value is -0.230. The molecule has 1 aromatic carbocycles. The predicted octanol–water partition coefficient (Wildman–Crippen LogP) is 7.66. The molecule has 0 spiro atoms. The van der Waals surface area contributed by atoms with Crippen LogP contribution in [0.15, 0.2) is 39.1 Å². The van der Waals surface area contributed by atoms with Crippen LogP contribution in [0.1, 0.15) is 41.5 Å². The summed E-state index contributed by atoms with van der Waals surface area (Å²) in [5.41, 5.74) is 1.35. The molecule has 0 saturated carbocycles. The van der Waals surface area contributed by atoms with E-state index in [-0.39, 0.29) is 0 Å². The van der Waals surface area contributed by atoms with Gasteiger partial charge in [0.2, 0.25) is 0 Å². The summed E-state index contributed by atoms with van der Waals surface area (Å²) in [6.45, 7) is 13.8. The minimum Gasteiger partial charge on any atom is -0.293 e. The summed E-state index contributed by atoms with van der Waals surface area (Å²) in [6.07, 6.45) is 0. The van der Waals surface area contributed by atoms with E-state index in [2.05, 4.69) is 70.2 Å². The topological polar surface area (TPSA) is 4.41 Å². The summed E-state index contributed by atoms with van der Waals surface area (Å²) in [7, 11) is 0. The van der Waals surface area contributed by atoms with E-state index < -0.39 is 0 Å². The van der Waals surface area contributed by atoms with Gasteiger partial charge < -0.3 is 0 Å². The number of fused-ring (bicyclic) bond motifs is 3. The molecule has 130 valence electrons. The van der Waals surface area contributed by atoms with Crippen molar-refractivity contribution in [1.82, 2.24) is 4.40 Å². The number of para-hydroxylation sites is 1. The van der Waals surface area contributed by atoms with E-state index in [9.17, 15) is 0 Å². The summed E-state index contributed by atoms with van der Waals surface area (Å²) in [5, 5.41) is 3.18. The standard InChI is InChI=1S/C19H25NS4/c1-11(2)21-16-17(22-12(3)4)19-20(18(16)23-13(5)6)14-9-7-8-10-15(14)24-19/h7-13H,1-6H3. The third-order valence-corrected chi connectivity index (χ3v) is 8.19. The van der Waals surface area contributed by atoms with Gasteiger partial charge in [-0.2, -0.15) is 0 Å². The largest absolute Gasteiger partial charge is 0.293 e. The molecule has 0 radical (unpaired) electrons. The number of benzene rings is 1. The van der Waals surface area contributed by atoms with Crippen molar-refractivity contribution in [2.45, 2.75) is 72.1 Å². The van der Waals surface area contributed by atoms with Gasteiger partial charge in [0.05, 0.1) is 25.0 Å². The van der Waals surface area contributed by atoms with Crippen molar-refractivity contribution < 1.29 is 0 Å². The van der Waals surface area contributed by atoms with E-state index in [1.807, 2.05) is 46.6 Å². The smallest absolute Gasteiger partial charge is 0.116 e. The molecule has 2 aromatic heterocycles. The van der Waals surface area contributed by atoms with Crippen LogP contribution < -0.4 is 0 Å². The first-order chi connectivity index (χ1) is 11.4. The Kier molecular flexibility index (Phi) is 5.85. The van der Waals surface area contributed by atoms with Crippen molar-refractivity contribution in [3.05, 3.63) is 24.3 Å². The van der Waals surface area contributed by atoms with E-state index >= 15 is 0 Å². The zero-order valence-electron chi connectivity index (χ0n) is 15.1. The molecule has 3 rings (SSSR count). The molecule has 0 aliphatic carbocycles. The van der Waals surface area contributed by atoms with Gasteiger partial charge >= 0.3 is 0 Å². The summed E-state index contributed by atoms with van der Waals surface area (Å²) in [6, 6.07) is 8.81. The number of thioether (sulfide) groups is 3. The third-order valence-electron chi connectivity index (χ3n) is 3.37. The molecule has 0 N–H and O–H groups in total. The molecule has 0 bridgehead atoms. The molecule has 0 fully saturated rings.